The van der Waals surface area contributed by atoms with Crippen LogP contribution in [0.3, 0.4) is 0 Å². The highest BCUT2D eigenvalue weighted by Gasteiger charge is 2.09. The van der Waals surface area contributed by atoms with E-state index in [0.717, 1.165) is 22.4 Å². The lowest BCUT2D eigenvalue weighted by atomic mass is 10.2. The van der Waals surface area contributed by atoms with E-state index in [-0.39, 0.29) is 0 Å². The van der Waals surface area contributed by atoms with Crippen LogP contribution in [0.1, 0.15) is 11.1 Å². The van der Waals surface area contributed by atoms with Crippen LogP contribution < -0.4 is 10.6 Å². The van der Waals surface area contributed by atoms with Gasteiger partial charge in [-0.2, -0.15) is 0 Å². The highest BCUT2D eigenvalue weighted by molar-refractivity contribution is 9.10. The summed E-state index contributed by atoms with van der Waals surface area (Å²) in [6.45, 7) is 2.72. The van der Waals surface area contributed by atoms with Crippen LogP contribution in [0.25, 0.3) is 0 Å². The molecule has 2 rings (SSSR count). The Morgan fingerprint density at radius 2 is 1.89 bits per heavy atom. The van der Waals surface area contributed by atoms with Crippen molar-refractivity contribution >= 4 is 27.6 Å². The van der Waals surface area contributed by atoms with Crippen molar-refractivity contribution in [1.29, 1.82) is 0 Å². The van der Waals surface area contributed by atoms with Crippen LogP contribution in [0.5, 0.6) is 0 Å². The number of hydrogen-bond donors (Lipinski definition) is 1. The van der Waals surface area contributed by atoms with E-state index in [9.17, 15) is 0 Å². The van der Waals surface area contributed by atoms with Gasteiger partial charge in [0.2, 0.25) is 0 Å². The van der Waals surface area contributed by atoms with E-state index >= 15 is 0 Å². The van der Waals surface area contributed by atoms with Gasteiger partial charge in [-0.15, -0.1) is 0 Å². The third kappa shape index (κ3) is 2.79. The fourth-order valence-electron chi connectivity index (χ4n) is 1.78. The number of aromatic nitrogens is 2. The second-order valence-electron chi connectivity index (χ2n) is 4.19. The standard InChI is InChI=1S/C13H15BrN4/c1-9-12(15)16-8-17-13(9)18(2)7-10-3-5-11(14)6-4-10/h3-6,8H,7H2,1-2H3,(H2,15,16,17). The Hall–Kier alpha value is -1.62. The first kappa shape index (κ1) is 12.8. The highest BCUT2D eigenvalue weighted by Crippen LogP contribution is 2.21. The van der Waals surface area contributed by atoms with Crippen molar-refractivity contribution in [1.82, 2.24) is 9.97 Å². The van der Waals surface area contributed by atoms with Gasteiger partial charge in [-0.1, -0.05) is 28.1 Å². The van der Waals surface area contributed by atoms with E-state index in [1.54, 1.807) is 0 Å². The number of rotatable bonds is 3. The predicted octanol–water partition coefficient (Wildman–Crippen LogP) is 2.77. The van der Waals surface area contributed by atoms with E-state index in [4.69, 9.17) is 5.73 Å². The summed E-state index contributed by atoms with van der Waals surface area (Å²) in [5.41, 5.74) is 7.92. The van der Waals surface area contributed by atoms with Gasteiger partial charge in [-0.3, -0.25) is 0 Å². The van der Waals surface area contributed by atoms with Crippen LogP contribution >= 0.6 is 15.9 Å². The molecule has 0 fully saturated rings. The lowest BCUT2D eigenvalue weighted by Gasteiger charge is -2.20. The molecule has 0 spiro atoms. The Kier molecular flexibility index (Phi) is 3.81. The van der Waals surface area contributed by atoms with Crippen molar-refractivity contribution in [3.63, 3.8) is 0 Å². The summed E-state index contributed by atoms with van der Waals surface area (Å²) in [7, 11) is 2.00. The topological polar surface area (TPSA) is 55.0 Å². The molecular formula is C13H15BrN4. The maximum atomic E-state index is 5.79. The largest absolute Gasteiger partial charge is 0.383 e. The van der Waals surface area contributed by atoms with Gasteiger partial charge in [0, 0.05) is 23.6 Å². The van der Waals surface area contributed by atoms with Crippen molar-refractivity contribution in [2.45, 2.75) is 13.5 Å². The molecule has 0 aliphatic heterocycles. The van der Waals surface area contributed by atoms with Gasteiger partial charge in [0.25, 0.3) is 0 Å². The van der Waals surface area contributed by atoms with E-state index < -0.39 is 0 Å². The monoisotopic (exact) mass is 306 g/mol. The Labute approximate surface area is 115 Å². The molecule has 0 aliphatic rings. The minimum absolute atomic E-state index is 0.530. The fraction of sp³-hybridized carbons (Fsp3) is 0.231. The normalized spacial score (nSPS) is 10.4. The maximum Gasteiger partial charge on any atom is 0.137 e. The molecule has 5 heteroatoms. The Bertz CT molecular complexity index is 539. The van der Waals surface area contributed by atoms with Crippen molar-refractivity contribution in [3.8, 4) is 0 Å². The van der Waals surface area contributed by atoms with E-state index in [1.807, 2.05) is 26.1 Å². The van der Waals surface area contributed by atoms with Crippen LogP contribution in [-0.2, 0) is 6.54 Å². The van der Waals surface area contributed by atoms with Gasteiger partial charge in [-0.05, 0) is 24.6 Å². The molecular weight excluding hydrogens is 292 g/mol. The van der Waals surface area contributed by atoms with Gasteiger partial charge in [0.05, 0.1) is 0 Å². The maximum absolute atomic E-state index is 5.79. The van der Waals surface area contributed by atoms with Crippen LogP contribution in [0.2, 0.25) is 0 Å². The van der Waals surface area contributed by atoms with Crippen molar-refractivity contribution < 1.29 is 0 Å². The molecule has 18 heavy (non-hydrogen) atoms. The van der Waals surface area contributed by atoms with Crippen molar-refractivity contribution in [2.24, 2.45) is 0 Å². The molecule has 94 valence electrons. The molecule has 0 unspecified atom stereocenters. The smallest absolute Gasteiger partial charge is 0.137 e. The summed E-state index contributed by atoms with van der Waals surface area (Å²) in [5.74, 6) is 1.40. The van der Waals surface area contributed by atoms with Gasteiger partial charge in [-0.25, -0.2) is 9.97 Å². The lowest BCUT2D eigenvalue weighted by Crippen LogP contribution is -2.19. The quantitative estimate of drug-likeness (QED) is 0.947. The number of benzene rings is 1. The average molecular weight is 307 g/mol. The first-order valence-electron chi connectivity index (χ1n) is 5.60. The molecule has 1 aromatic heterocycles. The molecule has 0 saturated heterocycles. The number of anilines is 2. The van der Waals surface area contributed by atoms with Crippen LogP contribution in [0.15, 0.2) is 35.1 Å². The lowest BCUT2D eigenvalue weighted by molar-refractivity contribution is 0.883. The van der Waals surface area contributed by atoms with Crippen molar-refractivity contribution in [2.75, 3.05) is 17.7 Å². The zero-order valence-electron chi connectivity index (χ0n) is 10.4. The third-order valence-corrected chi connectivity index (χ3v) is 3.32. The minimum Gasteiger partial charge on any atom is -0.383 e. The number of hydrogen-bond acceptors (Lipinski definition) is 4. The number of nitrogens with two attached hydrogens (primary N) is 1. The van der Waals surface area contributed by atoms with Crippen LogP contribution in [0, 0.1) is 6.92 Å². The zero-order valence-corrected chi connectivity index (χ0v) is 12.0. The summed E-state index contributed by atoms with van der Waals surface area (Å²) in [4.78, 5) is 10.3. The molecule has 0 aliphatic carbocycles. The van der Waals surface area contributed by atoms with E-state index in [1.165, 1.54) is 11.9 Å². The second-order valence-corrected chi connectivity index (χ2v) is 5.11. The van der Waals surface area contributed by atoms with Gasteiger partial charge in [0.1, 0.15) is 18.0 Å². The van der Waals surface area contributed by atoms with Crippen molar-refractivity contribution in [3.05, 3.63) is 46.2 Å². The second kappa shape index (κ2) is 5.35. The molecule has 1 heterocycles. The summed E-state index contributed by atoms with van der Waals surface area (Å²) < 4.78 is 1.08. The molecule has 0 amide bonds. The third-order valence-electron chi connectivity index (χ3n) is 2.79. The summed E-state index contributed by atoms with van der Waals surface area (Å²) in [6, 6.07) is 8.23. The number of nitrogen functional groups attached to an aromatic ring is 1. The van der Waals surface area contributed by atoms with Gasteiger partial charge < -0.3 is 10.6 Å². The van der Waals surface area contributed by atoms with Crippen LogP contribution in [-0.4, -0.2) is 17.0 Å². The summed E-state index contributed by atoms with van der Waals surface area (Å²) >= 11 is 3.43. The molecule has 0 saturated carbocycles. The molecule has 2 aromatic rings. The van der Waals surface area contributed by atoms with Gasteiger partial charge in [0.15, 0.2) is 0 Å². The number of halogens is 1. The molecule has 0 bridgehead atoms. The molecule has 4 nitrogen and oxygen atoms in total. The Balaban J connectivity index is 2.19. The zero-order chi connectivity index (χ0) is 13.1. The summed E-state index contributed by atoms with van der Waals surface area (Å²) in [6.07, 6.45) is 1.50. The predicted molar refractivity (Wildman–Crippen MR) is 77.4 cm³/mol. The van der Waals surface area contributed by atoms with E-state index in [2.05, 4.69) is 42.9 Å². The SMILES string of the molecule is Cc1c(N)ncnc1N(C)Cc1ccc(Br)cc1. The van der Waals surface area contributed by atoms with Crippen LogP contribution in [0.4, 0.5) is 11.6 Å². The molecule has 1 aromatic carbocycles. The Morgan fingerprint density at radius 3 is 2.56 bits per heavy atom. The first-order chi connectivity index (χ1) is 8.58. The molecule has 2 N–H and O–H groups in total. The van der Waals surface area contributed by atoms with E-state index in [0.29, 0.717) is 5.82 Å². The summed E-state index contributed by atoms with van der Waals surface area (Å²) in [5, 5.41) is 0. The first-order valence-corrected chi connectivity index (χ1v) is 6.40. The Morgan fingerprint density at radius 1 is 1.22 bits per heavy atom. The number of nitrogens with zero attached hydrogens (tertiary/aromatic N) is 3. The highest BCUT2D eigenvalue weighted by atomic mass is 79.9. The average Bonchev–Trinajstić information content (AvgIpc) is 2.35. The molecule has 0 radical (unpaired) electrons. The molecule has 0 atom stereocenters. The fourth-order valence-corrected chi connectivity index (χ4v) is 2.04. The minimum atomic E-state index is 0.530. The van der Waals surface area contributed by atoms with Gasteiger partial charge >= 0.3 is 0 Å².